The van der Waals surface area contributed by atoms with Crippen LogP contribution in [0.15, 0.2) is 0 Å². The highest BCUT2D eigenvalue weighted by atomic mass is 16.2. The largest absolute Gasteiger partial charge is 0.341 e. The van der Waals surface area contributed by atoms with Crippen molar-refractivity contribution in [1.82, 2.24) is 9.80 Å². The molecule has 2 N–H and O–H groups in total. The average Bonchev–Trinajstić information content (AvgIpc) is 2.75. The Hall–Kier alpha value is -0.610. The third-order valence-electron chi connectivity index (χ3n) is 4.33. The second-order valence-electron chi connectivity index (χ2n) is 6.25. The van der Waals surface area contributed by atoms with Crippen LogP contribution in [0.3, 0.4) is 0 Å². The lowest BCUT2D eigenvalue weighted by molar-refractivity contribution is -0.135. The van der Waals surface area contributed by atoms with Crippen molar-refractivity contribution in [1.29, 1.82) is 0 Å². The number of carbonyl (C=O) groups is 1. The molecule has 0 aromatic rings. The fraction of sp³-hybridized carbons (Fsp3) is 0.929. The van der Waals surface area contributed by atoms with Crippen molar-refractivity contribution in [2.75, 3.05) is 32.7 Å². The van der Waals surface area contributed by atoms with E-state index in [1.807, 2.05) is 0 Å². The Morgan fingerprint density at radius 1 is 1.28 bits per heavy atom. The lowest BCUT2D eigenvalue weighted by Gasteiger charge is -2.36. The van der Waals surface area contributed by atoms with E-state index in [2.05, 4.69) is 23.6 Å². The first kappa shape index (κ1) is 13.8. The molecule has 2 heterocycles. The first-order valence-corrected chi connectivity index (χ1v) is 7.32. The molecule has 0 saturated carbocycles. The number of nitrogens with zero attached hydrogens (tertiary/aromatic N) is 2. The summed E-state index contributed by atoms with van der Waals surface area (Å²) in [6.45, 7) is 8.64. The van der Waals surface area contributed by atoms with Crippen molar-refractivity contribution in [3.63, 3.8) is 0 Å². The van der Waals surface area contributed by atoms with Crippen LogP contribution in [-0.4, -0.2) is 54.5 Å². The minimum atomic E-state index is 0.300. The van der Waals surface area contributed by atoms with Gasteiger partial charge in [-0.25, -0.2) is 0 Å². The van der Waals surface area contributed by atoms with Crippen LogP contribution in [0.5, 0.6) is 0 Å². The van der Waals surface area contributed by atoms with E-state index in [0.29, 0.717) is 36.9 Å². The van der Waals surface area contributed by atoms with Gasteiger partial charge >= 0.3 is 0 Å². The van der Waals surface area contributed by atoms with Crippen molar-refractivity contribution in [2.24, 2.45) is 17.6 Å². The normalized spacial score (nSPS) is 33.9. The van der Waals surface area contributed by atoms with E-state index in [-0.39, 0.29) is 0 Å². The summed E-state index contributed by atoms with van der Waals surface area (Å²) >= 11 is 0. The van der Waals surface area contributed by atoms with Crippen LogP contribution in [0.4, 0.5) is 0 Å². The molecule has 0 aromatic heterocycles. The first-order valence-electron chi connectivity index (χ1n) is 7.32. The molecule has 4 heteroatoms. The Kier molecular flexibility index (Phi) is 4.62. The van der Waals surface area contributed by atoms with E-state index >= 15 is 0 Å². The number of likely N-dealkylation sites (tertiary alicyclic amines) is 2. The number of carbonyl (C=O) groups excluding carboxylic acids is 1. The van der Waals surface area contributed by atoms with Crippen molar-refractivity contribution in [3.05, 3.63) is 0 Å². The van der Waals surface area contributed by atoms with Gasteiger partial charge in [0.1, 0.15) is 0 Å². The predicted octanol–water partition coefficient (Wildman–Crippen LogP) is 0.914. The predicted molar refractivity (Wildman–Crippen MR) is 73.2 cm³/mol. The molecule has 2 aliphatic rings. The van der Waals surface area contributed by atoms with Gasteiger partial charge < -0.3 is 10.6 Å². The van der Waals surface area contributed by atoms with E-state index < -0.39 is 0 Å². The van der Waals surface area contributed by atoms with E-state index in [4.69, 9.17) is 5.73 Å². The molecular formula is C14H27N3O. The molecule has 2 aliphatic heterocycles. The van der Waals surface area contributed by atoms with Crippen LogP contribution in [0.1, 0.15) is 33.1 Å². The van der Waals surface area contributed by atoms with Gasteiger partial charge in [0.15, 0.2) is 0 Å². The molecule has 3 unspecified atom stereocenters. The van der Waals surface area contributed by atoms with Gasteiger partial charge in [-0.2, -0.15) is 0 Å². The molecule has 18 heavy (non-hydrogen) atoms. The molecule has 2 rings (SSSR count). The molecule has 4 nitrogen and oxygen atoms in total. The molecule has 0 radical (unpaired) electrons. The fourth-order valence-electron chi connectivity index (χ4n) is 3.51. The number of rotatable bonds is 3. The Morgan fingerprint density at radius 3 is 2.56 bits per heavy atom. The molecule has 2 saturated heterocycles. The van der Waals surface area contributed by atoms with Crippen molar-refractivity contribution in [2.45, 2.75) is 39.2 Å². The van der Waals surface area contributed by atoms with Gasteiger partial charge in [-0.15, -0.1) is 0 Å². The van der Waals surface area contributed by atoms with E-state index in [9.17, 15) is 4.79 Å². The third kappa shape index (κ3) is 3.23. The monoisotopic (exact) mass is 253 g/mol. The molecule has 0 aliphatic carbocycles. The Labute approximate surface area is 110 Å². The smallest absolute Gasteiger partial charge is 0.236 e. The molecule has 3 atom stereocenters. The molecule has 104 valence electrons. The summed E-state index contributed by atoms with van der Waals surface area (Å²) in [5, 5.41) is 0. The summed E-state index contributed by atoms with van der Waals surface area (Å²) in [4.78, 5) is 16.7. The van der Waals surface area contributed by atoms with Crippen LogP contribution in [-0.2, 0) is 4.79 Å². The average molecular weight is 253 g/mol. The maximum absolute atomic E-state index is 12.4. The second-order valence-corrected chi connectivity index (χ2v) is 6.25. The lowest BCUT2D eigenvalue weighted by atomic mass is 9.92. The van der Waals surface area contributed by atoms with Gasteiger partial charge in [-0.3, -0.25) is 9.69 Å². The molecule has 0 bridgehead atoms. The van der Waals surface area contributed by atoms with Gasteiger partial charge in [0.25, 0.3) is 0 Å². The van der Waals surface area contributed by atoms with E-state index in [0.717, 1.165) is 26.1 Å². The van der Waals surface area contributed by atoms with Gasteiger partial charge in [0, 0.05) is 25.7 Å². The van der Waals surface area contributed by atoms with E-state index in [1.165, 1.54) is 12.8 Å². The summed E-state index contributed by atoms with van der Waals surface area (Å²) in [7, 11) is 0. The summed E-state index contributed by atoms with van der Waals surface area (Å²) in [6.07, 6.45) is 3.58. The lowest BCUT2D eigenvalue weighted by Crippen LogP contribution is -2.48. The highest BCUT2D eigenvalue weighted by Crippen LogP contribution is 2.22. The van der Waals surface area contributed by atoms with Crippen LogP contribution >= 0.6 is 0 Å². The molecular weight excluding hydrogens is 226 g/mol. The van der Waals surface area contributed by atoms with Gasteiger partial charge in [0.05, 0.1) is 6.54 Å². The molecule has 2 fully saturated rings. The SMILES string of the molecule is CC1CC(C)CN(C(=O)CN2CCCC2CN)C1. The highest BCUT2D eigenvalue weighted by Gasteiger charge is 2.29. The Morgan fingerprint density at radius 2 is 1.94 bits per heavy atom. The zero-order valence-electron chi connectivity index (χ0n) is 11.8. The van der Waals surface area contributed by atoms with E-state index in [1.54, 1.807) is 0 Å². The third-order valence-corrected chi connectivity index (χ3v) is 4.33. The molecule has 0 aromatic carbocycles. The van der Waals surface area contributed by atoms with Crippen molar-refractivity contribution >= 4 is 5.91 Å². The standard InChI is InChI=1S/C14H27N3O/c1-11-6-12(2)9-17(8-11)14(18)10-16-5-3-4-13(16)7-15/h11-13H,3-10,15H2,1-2H3. The molecule has 1 amide bonds. The quantitative estimate of drug-likeness (QED) is 0.813. The topological polar surface area (TPSA) is 49.6 Å². The van der Waals surface area contributed by atoms with Gasteiger partial charge in [0.2, 0.25) is 5.91 Å². The maximum Gasteiger partial charge on any atom is 0.236 e. The number of hydrogen-bond acceptors (Lipinski definition) is 3. The maximum atomic E-state index is 12.4. The number of nitrogens with two attached hydrogens (primary N) is 1. The van der Waals surface area contributed by atoms with Crippen LogP contribution in [0.25, 0.3) is 0 Å². The van der Waals surface area contributed by atoms with Crippen molar-refractivity contribution < 1.29 is 4.79 Å². The summed E-state index contributed by atoms with van der Waals surface area (Å²) in [5.41, 5.74) is 5.76. The Balaban J connectivity index is 1.87. The number of hydrogen-bond donors (Lipinski definition) is 1. The number of piperidine rings is 1. The summed E-state index contributed by atoms with van der Waals surface area (Å²) in [6, 6.07) is 0.425. The van der Waals surface area contributed by atoms with Gasteiger partial charge in [-0.05, 0) is 37.6 Å². The van der Waals surface area contributed by atoms with Crippen molar-refractivity contribution in [3.8, 4) is 0 Å². The number of amides is 1. The highest BCUT2D eigenvalue weighted by molar-refractivity contribution is 5.78. The molecule has 0 spiro atoms. The summed E-state index contributed by atoms with van der Waals surface area (Å²) < 4.78 is 0. The van der Waals surface area contributed by atoms with Crippen LogP contribution < -0.4 is 5.73 Å². The zero-order chi connectivity index (χ0) is 13.1. The van der Waals surface area contributed by atoms with Crippen LogP contribution in [0.2, 0.25) is 0 Å². The Bertz CT molecular complexity index is 285. The minimum absolute atomic E-state index is 0.300. The van der Waals surface area contributed by atoms with Gasteiger partial charge in [-0.1, -0.05) is 13.8 Å². The zero-order valence-corrected chi connectivity index (χ0v) is 11.8. The fourth-order valence-corrected chi connectivity index (χ4v) is 3.51. The van der Waals surface area contributed by atoms with Crippen LogP contribution in [0, 0.1) is 11.8 Å². The minimum Gasteiger partial charge on any atom is -0.341 e. The second kappa shape index (κ2) is 6.02. The first-order chi connectivity index (χ1) is 8.60. The summed E-state index contributed by atoms with van der Waals surface area (Å²) in [5.74, 6) is 1.58.